The van der Waals surface area contributed by atoms with Crippen molar-refractivity contribution < 1.29 is 24.5 Å². The Morgan fingerprint density at radius 1 is 0.254 bits per heavy atom. The number of hydrogen-bond donors (Lipinski definition) is 1. The van der Waals surface area contributed by atoms with Crippen molar-refractivity contribution in [3.8, 4) is 0 Å². The molecule has 1 N–H and O–H groups in total. The van der Waals surface area contributed by atoms with Gasteiger partial charge in [0.25, 0.3) is 0 Å². The predicted molar refractivity (Wildman–Crippen MR) is 258 cm³/mol. The molecule has 0 heterocycles. The van der Waals surface area contributed by atoms with E-state index in [1.165, 1.54) is 263 Å². The fraction of sp³-hybridized carbons (Fsp3) is 0.963. The molecule has 0 bridgehead atoms. The van der Waals surface area contributed by atoms with Gasteiger partial charge < -0.3 is 5.11 Å². The van der Waals surface area contributed by atoms with E-state index in [1.54, 1.807) is 0 Å². The van der Waals surface area contributed by atoms with E-state index in [4.69, 9.17) is 14.9 Å². The van der Waals surface area contributed by atoms with E-state index in [0.29, 0.717) is 19.4 Å². The third-order valence-corrected chi connectivity index (χ3v) is 12.2. The lowest BCUT2D eigenvalue weighted by Crippen LogP contribution is -2.11. The van der Waals surface area contributed by atoms with Crippen LogP contribution in [0.15, 0.2) is 0 Å². The van der Waals surface area contributed by atoms with Crippen LogP contribution in [-0.2, 0) is 19.4 Å². The Bertz CT molecular complexity index is 708. The molecule has 0 atom stereocenters. The third kappa shape index (κ3) is 59.0. The molecular formula is C54H108O5. The Labute approximate surface area is 370 Å². The van der Waals surface area contributed by atoms with E-state index in [2.05, 4.69) is 20.8 Å². The zero-order chi connectivity index (χ0) is 43.2. The third-order valence-electron chi connectivity index (χ3n) is 12.2. The number of carbonyl (C=O) groups is 2. The van der Waals surface area contributed by atoms with E-state index in [1.807, 2.05) is 0 Å². The van der Waals surface area contributed by atoms with Crippen molar-refractivity contribution in [1.82, 2.24) is 0 Å². The highest BCUT2D eigenvalue weighted by molar-refractivity contribution is 5.72. The Balaban J connectivity index is 0. The van der Waals surface area contributed by atoms with Crippen molar-refractivity contribution in [1.29, 1.82) is 0 Å². The highest BCUT2D eigenvalue weighted by atomic mass is 17.2. The zero-order valence-electron chi connectivity index (χ0n) is 40.7. The number of hydrogen-bond acceptors (Lipinski definition) is 5. The second-order valence-electron chi connectivity index (χ2n) is 18.3. The maximum absolute atomic E-state index is 11.8. The lowest BCUT2D eigenvalue weighted by atomic mass is 10.0. The van der Waals surface area contributed by atoms with Gasteiger partial charge in [-0.05, 0) is 19.3 Å². The van der Waals surface area contributed by atoms with Crippen LogP contribution in [0, 0.1) is 0 Å². The average molecular weight is 837 g/mol. The summed E-state index contributed by atoms with van der Waals surface area (Å²) in [5.74, 6) is -0.834. The molecule has 0 aliphatic heterocycles. The van der Waals surface area contributed by atoms with Gasteiger partial charge in [-0.3, -0.25) is 0 Å². The Kier molecular flexibility index (Phi) is 57.9. The molecule has 5 nitrogen and oxygen atoms in total. The second-order valence-corrected chi connectivity index (χ2v) is 18.3. The van der Waals surface area contributed by atoms with Gasteiger partial charge in [0, 0.05) is 6.61 Å². The van der Waals surface area contributed by atoms with Gasteiger partial charge in [0.1, 0.15) is 0 Å². The first-order valence-electron chi connectivity index (χ1n) is 27.1. The second kappa shape index (κ2) is 56.9. The molecule has 5 heteroatoms. The monoisotopic (exact) mass is 837 g/mol. The number of unbranched alkanes of at least 4 members (excludes halogenated alkanes) is 43. The fourth-order valence-corrected chi connectivity index (χ4v) is 8.12. The van der Waals surface area contributed by atoms with Crippen molar-refractivity contribution >= 4 is 11.9 Å². The summed E-state index contributed by atoms with van der Waals surface area (Å²) in [4.78, 5) is 33.0. The van der Waals surface area contributed by atoms with Gasteiger partial charge in [-0.15, -0.1) is 0 Å². The minimum Gasteiger partial charge on any atom is -0.396 e. The lowest BCUT2D eigenvalue weighted by Gasteiger charge is -2.05. The van der Waals surface area contributed by atoms with Gasteiger partial charge in [0.05, 0.1) is 12.8 Å². The lowest BCUT2D eigenvalue weighted by molar-refractivity contribution is -0.259. The predicted octanol–water partition coefficient (Wildman–Crippen LogP) is 18.8. The zero-order valence-corrected chi connectivity index (χ0v) is 40.7. The number of aliphatic hydroxyl groups excluding tert-OH is 1. The molecule has 0 spiro atoms. The Morgan fingerprint density at radius 3 is 0.576 bits per heavy atom. The minimum absolute atomic E-state index is 0.338. The van der Waals surface area contributed by atoms with E-state index in [0.717, 1.165) is 32.1 Å². The van der Waals surface area contributed by atoms with Crippen molar-refractivity contribution in [2.75, 3.05) is 6.61 Å². The molecule has 0 aromatic rings. The van der Waals surface area contributed by atoms with Crippen LogP contribution >= 0.6 is 0 Å². The first kappa shape index (κ1) is 60.0. The van der Waals surface area contributed by atoms with Crippen LogP contribution in [0.4, 0.5) is 0 Å². The van der Waals surface area contributed by atoms with Crippen LogP contribution in [0.25, 0.3) is 0 Å². The summed E-state index contributed by atoms with van der Waals surface area (Å²) in [5.41, 5.74) is 0. The minimum atomic E-state index is -0.417. The van der Waals surface area contributed by atoms with Gasteiger partial charge in [0.15, 0.2) is 0 Å². The molecule has 59 heavy (non-hydrogen) atoms. The van der Waals surface area contributed by atoms with Gasteiger partial charge in [-0.25, -0.2) is 19.4 Å². The van der Waals surface area contributed by atoms with Crippen molar-refractivity contribution in [2.24, 2.45) is 0 Å². The van der Waals surface area contributed by atoms with Gasteiger partial charge >= 0.3 is 11.9 Å². The smallest absolute Gasteiger partial charge is 0.355 e. The van der Waals surface area contributed by atoms with Crippen LogP contribution in [0.3, 0.4) is 0 Å². The molecule has 0 aromatic carbocycles. The highest BCUT2D eigenvalue weighted by Crippen LogP contribution is 2.17. The Morgan fingerprint density at radius 2 is 0.407 bits per heavy atom. The fourth-order valence-electron chi connectivity index (χ4n) is 8.12. The summed E-state index contributed by atoms with van der Waals surface area (Å²) >= 11 is 0. The SMILES string of the molecule is CCCCCCCCCCCCCCCCCC(=O)OOC(=O)CCCCCCCCCCCCCCCCC.CCCCCCCCCCCCCCCCCCO. The van der Waals surface area contributed by atoms with E-state index >= 15 is 0 Å². The Hall–Kier alpha value is -1.10. The molecular weight excluding hydrogens is 729 g/mol. The van der Waals surface area contributed by atoms with Crippen molar-refractivity contribution in [2.45, 2.75) is 329 Å². The average Bonchev–Trinajstić information content (AvgIpc) is 3.24. The molecule has 0 radical (unpaired) electrons. The van der Waals surface area contributed by atoms with Crippen molar-refractivity contribution in [3.63, 3.8) is 0 Å². The standard InChI is InChI=1S/C36H70O4.C18H38O/c1-3-5-7-9-11-13-15-17-19-21-23-25-27-29-31-33-35(37)39-40-36(38)34-32-30-28-26-24-22-20-18-16-14-12-10-8-6-4-2;1-2-3-4-5-6-7-8-9-10-11-12-13-14-15-16-17-18-19/h3-34H2,1-2H3;19H,2-18H2,1H3. The van der Waals surface area contributed by atoms with Crippen LogP contribution in [0.1, 0.15) is 329 Å². The maximum atomic E-state index is 11.8. The first-order chi connectivity index (χ1) is 29.1. The quantitative estimate of drug-likeness (QED) is 0.0375. The molecule has 0 aliphatic carbocycles. The molecule has 0 aliphatic rings. The van der Waals surface area contributed by atoms with E-state index in [9.17, 15) is 9.59 Å². The maximum Gasteiger partial charge on any atom is 0.355 e. The molecule has 354 valence electrons. The summed E-state index contributed by atoms with van der Waals surface area (Å²) in [6.07, 6.45) is 61.8. The van der Waals surface area contributed by atoms with Crippen LogP contribution in [-0.4, -0.2) is 23.7 Å². The molecule has 0 rings (SSSR count). The number of carbonyl (C=O) groups excluding carboxylic acids is 2. The molecule has 0 amide bonds. The number of aliphatic hydroxyl groups is 1. The van der Waals surface area contributed by atoms with Crippen LogP contribution in [0.2, 0.25) is 0 Å². The molecule has 0 aromatic heterocycles. The summed E-state index contributed by atoms with van der Waals surface area (Å²) in [7, 11) is 0. The van der Waals surface area contributed by atoms with Gasteiger partial charge in [-0.2, -0.15) is 0 Å². The highest BCUT2D eigenvalue weighted by Gasteiger charge is 2.09. The van der Waals surface area contributed by atoms with E-state index < -0.39 is 11.9 Å². The number of rotatable bonds is 48. The largest absolute Gasteiger partial charge is 0.396 e. The molecule has 0 unspecified atom stereocenters. The van der Waals surface area contributed by atoms with Gasteiger partial charge in [0.2, 0.25) is 0 Å². The van der Waals surface area contributed by atoms with Crippen LogP contribution < -0.4 is 0 Å². The summed E-state index contributed by atoms with van der Waals surface area (Å²) in [6.45, 7) is 7.20. The normalized spacial score (nSPS) is 11.1. The topological polar surface area (TPSA) is 72.8 Å². The molecule has 0 fully saturated rings. The molecule has 0 saturated heterocycles. The molecule has 0 saturated carbocycles. The van der Waals surface area contributed by atoms with E-state index in [-0.39, 0.29) is 0 Å². The summed E-state index contributed by atoms with van der Waals surface area (Å²) < 4.78 is 0. The summed E-state index contributed by atoms with van der Waals surface area (Å²) in [6, 6.07) is 0. The summed E-state index contributed by atoms with van der Waals surface area (Å²) in [5, 5.41) is 8.67. The first-order valence-corrected chi connectivity index (χ1v) is 27.1. The van der Waals surface area contributed by atoms with Gasteiger partial charge in [-0.1, -0.05) is 297 Å². The van der Waals surface area contributed by atoms with Crippen LogP contribution in [0.5, 0.6) is 0 Å². The van der Waals surface area contributed by atoms with Crippen molar-refractivity contribution in [3.05, 3.63) is 0 Å².